The summed E-state index contributed by atoms with van der Waals surface area (Å²) in [5.41, 5.74) is 1.39. The maximum Gasteiger partial charge on any atom is 0.356 e. The first-order valence-corrected chi connectivity index (χ1v) is 6.00. The minimum absolute atomic E-state index is 0.0490. The molecule has 2 aromatic rings. The van der Waals surface area contributed by atoms with E-state index in [4.69, 9.17) is 5.11 Å². The van der Waals surface area contributed by atoms with Gasteiger partial charge in [0.15, 0.2) is 11.5 Å². The molecule has 0 saturated heterocycles. The maximum absolute atomic E-state index is 11.0. The highest BCUT2D eigenvalue weighted by molar-refractivity contribution is 5.86. The molecule has 0 unspecified atom stereocenters. The maximum atomic E-state index is 11.0. The molecule has 5 heteroatoms. The number of nitrogens with zero attached hydrogens (tertiary/aromatic N) is 3. The molecule has 0 saturated carbocycles. The number of hydrogen-bond acceptors (Lipinski definition) is 4. The third-order valence-electron chi connectivity index (χ3n) is 2.86. The van der Waals surface area contributed by atoms with Crippen molar-refractivity contribution in [3.63, 3.8) is 0 Å². The molecule has 19 heavy (non-hydrogen) atoms. The number of carboxylic acid groups (broad SMARTS) is 1. The molecule has 0 atom stereocenters. The van der Waals surface area contributed by atoms with Gasteiger partial charge in [-0.25, -0.2) is 14.8 Å². The minimum atomic E-state index is -1.07. The summed E-state index contributed by atoms with van der Waals surface area (Å²) >= 11 is 0. The van der Waals surface area contributed by atoms with Crippen molar-refractivity contribution in [1.82, 2.24) is 9.97 Å². The van der Waals surface area contributed by atoms with Gasteiger partial charge < -0.3 is 10.0 Å². The van der Waals surface area contributed by atoms with E-state index in [1.54, 1.807) is 0 Å². The summed E-state index contributed by atoms with van der Waals surface area (Å²) in [5.74, 6) is -0.394. The minimum Gasteiger partial charge on any atom is -0.476 e. The molecule has 0 aliphatic rings. The highest BCUT2D eigenvalue weighted by atomic mass is 16.4. The van der Waals surface area contributed by atoms with E-state index in [0.29, 0.717) is 11.5 Å². The predicted molar refractivity (Wildman–Crippen MR) is 73.4 cm³/mol. The molecular formula is C14H15N3O2. The monoisotopic (exact) mass is 257 g/mol. The molecule has 0 spiro atoms. The van der Waals surface area contributed by atoms with Gasteiger partial charge >= 0.3 is 5.97 Å². The number of aromatic carboxylic acids is 1. The Hall–Kier alpha value is -2.43. The summed E-state index contributed by atoms with van der Waals surface area (Å²) in [6.07, 6.45) is 1.29. The van der Waals surface area contributed by atoms with Crippen molar-refractivity contribution < 1.29 is 9.90 Å². The van der Waals surface area contributed by atoms with Gasteiger partial charge in [-0.1, -0.05) is 30.3 Å². The Balaban J connectivity index is 2.60. The Kier molecular flexibility index (Phi) is 3.75. The van der Waals surface area contributed by atoms with Gasteiger partial charge in [-0.05, 0) is 6.92 Å². The van der Waals surface area contributed by atoms with Crippen molar-refractivity contribution in [2.45, 2.75) is 6.92 Å². The summed E-state index contributed by atoms with van der Waals surface area (Å²) in [5, 5.41) is 9.03. The van der Waals surface area contributed by atoms with Gasteiger partial charge in [0.05, 0.1) is 6.20 Å². The normalized spacial score (nSPS) is 10.2. The van der Waals surface area contributed by atoms with E-state index < -0.39 is 5.97 Å². The zero-order valence-corrected chi connectivity index (χ0v) is 10.9. The fourth-order valence-corrected chi connectivity index (χ4v) is 1.70. The number of hydrogen-bond donors (Lipinski definition) is 1. The quantitative estimate of drug-likeness (QED) is 0.910. The molecule has 1 heterocycles. The van der Waals surface area contributed by atoms with Crippen LogP contribution >= 0.6 is 0 Å². The zero-order chi connectivity index (χ0) is 13.8. The lowest BCUT2D eigenvalue weighted by Crippen LogP contribution is -2.19. The number of aromatic nitrogens is 2. The second-order valence-corrected chi connectivity index (χ2v) is 4.11. The molecule has 0 aliphatic heterocycles. The summed E-state index contributed by atoms with van der Waals surface area (Å²) in [6, 6.07) is 9.47. The molecule has 0 radical (unpaired) electrons. The van der Waals surface area contributed by atoms with Crippen molar-refractivity contribution in [2.75, 3.05) is 18.5 Å². The Morgan fingerprint density at radius 2 is 2.00 bits per heavy atom. The Labute approximate surface area is 111 Å². The van der Waals surface area contributed by atoms with E-state index in [9.17, 15) is 4.79 Å². The standard InChI is InChI=1S/C14H15N3O2/c1-3-17(2)13-12(10-7-5-4-6-8-10)16-11(9-15-13)14(18)19/h4-9H,3H2,1-2H3,(H,18,19). The van der Waals surface area contributed by atoms with Gasteiger partial charge in [0.2, 0.25) is 0 Å². The molecule has 1 aromatic carbocycles. The summed E-state index contributed by atoms with van der Waals surface area (Å²) in [6.45, 7) is 2.77. The van der Waals surface area contributed by atoms with Crippen LogP contribution in [0.15, 0.2) is 36.5 Å². The first-order chi connectivity index (χ1) is 9.13. The van der Waals surface area contributed by atoms with E-state index in [0.717, 1.165) is 12.1 Å². The van der Waals surface area contributed by atoms with Crippen LogP contribution in [-0.4, -0.2) is 34.6 Å². The van der Waals surface area contributed by atoms with Crippen LogP contribution in [0.5, 0.6) is 0 Å². The molecular weight excluding hydrogens is 242 g/mol. The second-order valence-electron chi connectivity index (χ2n) is 4.11. The average molecular weight is 257 g/mol. The number of carbonyl (C=O) groups is 1. The van der Waals surface area contributed by atoms with E-state index in [-0.39, 0.29) is 5.69 Å². The molecule has 2 rings (SSSR count). The lowest BCUT2D eigenvalue weighted by Gasteiger charge is -2.18. The van der Waals surface area contributed by atoms with Gasteiger partial charge in [-0.15, -0.1) is 0 Å². The lowest BCUT2D eigenvalue weighted by molar-refractivity contribution is 0.0690. The van der Waals surface area contributed by atoms with E-state index >= 15 is 0 Å². The second kappa shape index (κ2) is 5.48. The smallest absolute Gasteiger partial charge is 0.356 e. The molecule has 0 bridgehead atoms. The average Bonchev–Trinajstić information content (AvgIpc) is 2.46. The Bertz CT molecular complexity index is 584. The highest BCUT2D eigenvalue weighted by Gasteiger charge is 2.15. The van der Waals surface area contributed by atoms with Crippen LogP contribution in [0.3, 0.4) is 0 Å². The van der Waals surface area contributed by atoms with Gasteiger partial charge in [0, 0.05) is 19.2 Å². The fraction of sp³-hybridized carbons (Fsp3) is 0.214. The van der Waals surface area contributed by atoms with Crippen molar-refractivity contribution in [3.05, 3.63) is 42.2 Å². The van der Waals surface area contributed by atoms with Crippen molar-refractivity contribution >= 4 is 11.8 Å². The van der Waals surface area contributed by atoms with Gasteiger partial charge in [-0.3, -0.25) is 0 Å². The summed E-state index contributed by atoms with van der Waals surface area (Å²) in [4.78, 5) is 21.4. The van der Waals surface area contributed by atoms with E-state index in [2.05, 4.69) is 9.97 Å². The predicted octanol–water partition coefficient (Wildman–Crippen LogP) is 2.30. The van der Waals surface area contributed by atoms with Crippen molar-refractivity contribution in [2.24, 2.45) is 0 Å². The van der Waals surface area contributed by atoms with Crippen LogP contribution in [0.1, 0.15) is 17.4 Å². The highest BCUT2D eigenvalue weighted by Crippen LogP contribution is 2.26. The summed E-state index contributed by atoms with van der Waals surface area (Å²) < 4.78 is 0. The molecule has 1 aromatic heterocycles. The van der Waals surface area contributed by atoms with Gasteiger partial charge in [-0.2, -0.15) is 0 Å². The van der Waals surface area contributed by atoms with Crippen LogP contribution in [0, 0.1) is 0 Å². The first-order valence-electron chi connectivity index (χ1n) is 6.00. The summed E-state index contributed by atoms with van der Waals surface area (Å²) in [7, 11) is 1.90. The molecule has 0 amide bonds. The molecule has 98 valence electrons. The number of anilines is 1. The number of carboxylic acids is 1. The molecule has 1 N–H and O–H groups in total. The van der Waals surface area contributed by atoms with Gasteiger partial charge in [0.1, 0.15) is 5.69 Å². The van der Waals surface area contributed by atoms with Crippen LogP contribution < -0.4 is 4.90 Å². The first kappa shape index (κ1) is 13.0. The Morgan fingerprint density at radius 3 is 2.58 bits per heavy atom. The zero-order valence-electron chi connectivity index (χ0n) is 10.9. The number of rotatable bonds is 4. The van der Waals surface area contributed by atoms with Crippen LogP contribution in [0.2, 0.25) is 0 Å². The van der Waals surface area contributed by atoms with Crippen LogP contribution in [0.4, 0.5) is 5.82 Å². The third kappa shape index (κ3) is 2.70. The van der Waals surface area contributed by atoms with Crippen LogP contribution in [0.25, 0.3) is 11.3 Å². The van der Waals surface area contributed by atoms with Crippen LogP contribution in [-0.2, 0) is 0 Å². The van der Waals surface area contributed by atoms with Gasteiger partial charge in [0.25, 0.3) is 0 Å². The fourth-order valence-electron chi connectivity index (χ4n) is 1.70. The third-order valence-corrected chi connectivity index (χ3v) is 2.86. The SMILES string of the molecule is CCN(C)c1ncc(C(=O)O)nc1-c1ccccc1. The van der Waals surface area contributed by atoms with E-state index in [1.807, 2.05) is 49.2 Å². The van der Waals surface area contributed by atoms with Crippen molar-refractivity contribution in [1.29, 1.82) is 0 Å². The topological polar surface area (TPSA) is 66.3 Å². The van der Waals surface area contributed by atoms with E-state index in [1.165, 1.54) is 6.20 Å². The van der Waals surface area contributed by atoms with Crippen molar-refractivity contribution in [3.8, 4) is 11.3 Å². The Morgan fingerprint density at radius 1 is 1.32 bits per heavy atom. The molecule has 0 fully saturated rings. The number of benzene rings is 1. The lowest BCUT2D eigenvalue weighted by atomic mass is 10.1. The molecule has 0 aliphatic carbocycles. The molecule has 5 nitrogen and oxygen atoms in total. The largest absolute Gasteiger partial charge is 0.476 e.